The molecule has 0 spiro atoms. The van der Waals surface area contributed by atoms with Crippen LogP contribution < -0.4 is 14.4 Å². The van der Waals surface area contributed by atoms with Gasteiger partial charge in [-0.2, -0.15) is 0 Å². The lowest BCUT2D eigenvalue weighted by Gasteiger charge is -2.15. The number of fused-ring (bicyclic) bond motifs is 1. The van der Waals surface area contributed by atoms with Crippen LogP contribution >= 0.6 is 0 Å². The second kappa shape index (κ2) is 9.34. The summed E-state index contributed by atoms with van der Waals surface area (Å²) in [7, 11) is 0. The van der Waals surface area contributed by atoms with E-state index in [0.717, 1.165) is 16.8 Å². The predicted molar refractivity (Wildman–Crippen MR) is 116 cm³/mol. The fourth-order valence-corrected chi connectivity index (χ4v) is 3.44. The summed E-state index contributed by atoms with van der Waals surface area (Å²) in [5.41, 5.74) is 3.38. The fraction of sp³-hybridized carbons (Fsp3) is 0.200. The quantitative estimate of drug-likeness (QED) is 0.510. The van der Waals surface area contributed by atoms with E-state index in [2.05, 4.69) is 0 Å². The molecule has 0 atom stereocenters. The molecule has 0 aromatic heterocycles. The molecule has 0 aliphatic carbocycles. The highest BCUT2D eigenvalue weighted by atomic mass is 16.6. The number of nitrogens with zero attached hydrogens (tertiary/aromatic N) is 1. The third-order valence-electron chi connectivity index (χ3n) is 4.97. The molecule has 0 bridgehead atoms. The molecular weight excluding hydrogens is 394 g/mol. The van der Waals surface area contributed by atoms with Crippen molar-refractivity contribution < 1.29 is 23.8 Å². The minimum absolute atomic E-state index is 0.0187. The monoisotopic (exact) mass is 417 g/mol. The van der Waals surface area contributed by atoms with Gasteiger partial charge in [0.1, 0.15) is 18.1 Å². The van der Waals surface area contributed by atoms with E-state index in [1.165, 1.54) is 0 Å². The average Bonchev–Trinajstić information content (AvgIpc) is 3.15. The van der Waals surface area contributed by atoms with Crippen LogP contribution in [0.1, 0.15) is 28.4 Å². The summed E-state index contributed by atoms with van der Waals surface area (Å²) in [6.07, 6.45) is 0. The summed E-state index contributed by atoms with van der Waals surface area (Å²) in [6.45, 7) is 2.80. The van der Waals surface area contributed by atoms with Crippen LogP contribution in [-0.4, -0.2) is 25.1 Å². The van der Waals surface area contributed by atoms with Gasteiger partial charge in [0.15, 0.2) is 6.61 Å². The molecule has 3 aromatic carbocycles. The first-order valence-electron chi connectivity index (χ1n) is 10.1. The summed E-state index contributed by atoms with van der Waals surface area (Å²) in [5.74, 6) is 0.870. The van der Waals surface area contributed by atoms with Crippen LogP contribution in [0.5, 0.6) is 11.5 Å². The Balaban J connectivity index is 1.40. The second-order valence-corrected chi connectivity index (χ2v) is 7.04. The van der Waals surface area contributed by atoms with E-state index in [9.17, 15) is 9.59 Å². The first-order chi connectivity index (χ1) is 15.2. The summed E-state index contributed by atoms with van der Waals surface area (Å²) < 4.78 is 16.3. The van der Waals surface area contributed by atoms with Gasteiger partial charge in [-0.15, -0.1) is 0 Å². The van der Waals surface area contributed by atoms with E-state index in [0.29, 0.717) is 36.8 Å². The van der Waals surface area contributed by atoms with Crippen molar-refractivity contribution in [1.29, 1.82) is 0 Å². The molecule has 3 aromatic rings. The highest BCUT2D eigenvalue weighted by Crippen LogP contribution is 2.34. The third-order valence-corrected chi connectivity index (χ3v) is 4.97. The zero-order valence-corrected chi connectivity index (χ0v) is 17.2. The summed E-state index contributed by atoms with van der Waals surface area (Å²) >= 11 is 0. The van der Waals surface area contributed by atoms with Gasteiger partial charge in [-0.25, -0.2) is 4.79 Å². The second-order valence-electron chi connectivity index (χ2n) is 7.04. The van der Waals surface area contributed by atoms with E-state index in [-0.39, 0.29) is 12.5 Å². The third kappa shape index (κ3) is 4.69. The molecule has 1 aliphatic heterocycles. The van der Waals surface area contributed by atoms with Gasteiger partial charge in [0.05, 0.1) is 13.2 Å². The molecule has 0 saturated heterocycles. The van der Waals surface area contributed by atoms with Crippen molar-refractivity contribution in [3.63, 3.8) is 0 Å². The molecule has 0 fully saturated rings. The van der Waals surface area contributed by atoms with Crippen LogP contribution in [0.3, 0.4) is 0 Å². The van der Waals surface area contributed by atoms with Crippen LogP contribution in [0.2, 0.25) is 0 Å². The number of esters is 1. The van der Waals surface area contributed by atoms with Crippen molar-refractivity contribution in [2.75, 3.05) is 18.1 Å². The summed E-state index contributed by atoms with van der Waals surface area (Å²) in [5, 5.41) is 0. The minimum Gasteiger partial charge on any atom is -0.489 e. The van der Waals surface area contributed by atoms with Crippen molar-refractivity contribution >= 4 is 17.6 Å². The maximum Gasteiger partial charge on any atom is 0.344 e. The molecule has 6 nitrogen and oxygen atoms in total. The largest absolute Gasteiger partial charge is 0.489 e. The number of anilines is 1. The van der Waals surface area contributed by atoms with Gasteiger partial charge in [-0.3, -0.25) is 4.79 Å². The zero-order valence-electron chi connectivity index (χ0n) is 17.2. The molecule has 4 rings (SSSR count). The van der Waals surface area contributed by atoms with E-state index in [4.69, 9.17) is 14.2 Å². The Hall–Kier alpha value is -3.80. The molecule has 0 N–H and O–H groups in total. The molecular formula is C25H23NO5. The van der Waals surface area contributed by atoms with Crippen LogP contribution in [0.15, 0.2) is 72.8 Å². The van der Waals surface area contributed by atoms with Crippen molar-refractivity contribution in [3.05, 3.63) is 89.5 Å². The van der Waals surface area contributed by atoms with Gasteiger partial charge in [-0.05, 0) is 48.9 Å². The lowest BCUT2D eigenvalue weighted by Crippen LogP contribution is -2.22. The van der Waals surface area contributed by atoms with Crippen LogP contribution in [-0.2, 0) is 22.7 Å². The summed E-state index contributed by atoms with van der Waals surface area (Å²) in [4.78, 5) is 26.0. The fourth-order valence-electron chi connectivity index (χ4n) is 3.44. The predicted octanol–water partition coefficient (Wildman–Crippen LogP) is 4.37. The van der Waals surface area contributed by atoms with Gasteiger partial charge < -0.3 is 19.1 Å². The molecule has 1 aliphatic rings. The van der Waals surface area contributed by atoms with Crippen LogP contribution in [0, 0.1) is 0 Å². The Morgan fingerprint density at radius 3 is 2.45 bits per heavy atom. The molecule has 0 unspecified atom stereocenters. The maximum absolute atomic E-state index is 12.8. The van der Waals surface area contributed by atoms with Gasteiger partial charge in [0, 0.05) is 16.8 Å². The summed E-state index contributed by atoms with van der Waals surface area (Å²) in [6, 6.07) is 22.5. The smallest absolute Gasteiger partial charge is 0.344 e. The molecule has 6 heteroatoms. The number of benzene rings is 3. The zero-order chi connectivity index (χ0) is 21.6. The number of rotatable bonds is 8. The molecule has 0 radical (unpaired) electrons. The first kappa shape index (κ1) is 20.5. The van der Waals surface area contributed by atoms with E-state index < -0.39 is 5.97 Å². The van der Waals surface area contributed by atoms with Gasteiger partial charge >= 0.3 is 5.97 Å². The Labute approximate surface area is 181 Å². The van der Waals surface area contributed by atoms with E-state index >= 15 is 0 Å². The molecule has 0 saturated carbocycles. The Morgan fingerprint density at radius 1 is 0.935 bits per heavy atom. The molecule has 1 heterocycles. The Kier molecular flexibility index (Phi) is 6.17. The number of amides is 1. The lowest BCUT2D eigenvalue weighted by molar-refractivity contribution is -0.145. The minimum atomic E-state index is -0.396. The number of ether oxygens (including phenoxy) is 3. The van der Waals surface area contributed by atoms with E-state index in [1.54, 1.807) is 24.0 Å². The molecule has 1 amide bonds. The number of para-hydroxylation sites is 1. The van der Waals surface area contributed by atoms with Crippen LogP contribution in [0.4, 0.5) is 5.69 Å². The Morgan fingerprint density at radius 2 is 1.71 bits per heavy atom. The normalized spacial score (nSPS) is 12.4. The van der Waals surface area contributed by atoms with Crippen molar-refractivity contribution in [2.45, 2.75) is 20.1 Å². The lowest BCUT2D eigenvalue weighted by atomic mass is 10.1. The Bertz CT molecular complexity index is 1060. The van der Waals surface area contributed by atoms with Crippen molar-refractivity contribution in [3.8, 4) is 11.5 Å². The maximum atomic E-state index is 12.8. The van der Waals surface area contributed by atoms with Crippen LogP contribution in [0.25, 0.3) is 0 Å². The van der Waals surface area contributed by atoms with Gasteiger partial charge in [-0.1, -0.05) is 36.4 Å². The van der Waals surface area contributed by atoms with Crippen molar-refractivity contribution in [2.24, 2.45) is 0 Å². The van der Waals surface area contributed by atoms with Gasteiger partial charge in [0.2, 0.25) is 0 Å². The standard InChI is InChI=1S/C25H23NO5/c1-2-29-24(27)17-30-20-13-11-18(12-14-20)16-31-23-10-6-9-21-22(23)15-26(25(21)28)19-7-4-3-5-8-19/h3-14H,2,15-17H2,1H3. The van der Waals surface area contributed by atoms with Gasteiger partial charge in [0.25, 0.3) is 5.91 Å². The number of hydrogen-bond donors (Lipinski definition) is 0. The SMILES string of the molecule is CCOC(=O)COc1ccc(COc2cccc3c2CN(c2ccccc2)C3=O)cc1. The number of carbonyl (C=O) groups excluding carboxylic acids is 2. The molecule has 31 heavy (non-hydrogen) atoms. The number of carbonyl (C=O) groups is 2. The highest BCUT2D eigenvalue weighted by molar-refractivity contribution is 6.10. The topological polar surface area (TPSA) is 65.1 Å². The van der Waals surface area contributed by atoms with E-state index in [1.807, 2.05) is 60.7 Å². The van der Waals surface area contributed by atoms with Crippen molar-refractivity contribution in [1.82, 2.24) is 0 Å². The highest BCUT2D eigenvalue weighted by Gasteiger charge is 2.30. The average molecular weight is 417 g/mol. The first-order valence-corrected chi connectivity index (χ1v) is 10.1. The molecule has 158 valence electrons. The number of hydrogen-bond acceptors (Lipinski definition) is 5.